The minimum atomic E-state index is -2.41. The Kier molecular flexibility index (Phi) is 6.47. The van der Waals surface area contributed by atoms with E-state index in [-0.39, 0.29) is 0 Å². The van der Waals surface area contributed by atoms with E-state index in [9.17, 15) is 19.5 Å². The van der Waals surface area contributed by atoms with Crippen LogP contribution in [-0.2, 0) is 23.9 Å². The number of carboxylic acid groups (broad SMARTS) is 1. The van der Waals surface area contributed by atoms with Gasteiger partial charge in [-0.3, -0.25) is 9.59 Å². The standard InChI is InChI=1S/C12H20O7/c1-7(2)18-10(15)6-12(17,5-9(13)14)11(16)19-8(3)4/h7-8,17H,5-6H2,1-4H3,(H,13,14). The van der Waals surface area contributed by atoms with Crippen LogP contribution >= 0.6 is 0 Å². The maximum Gasteiger partial charge on any atom is 0.339 e. The van der Waals surface area contributed by atoms with E-state index in [1.54, 1.807) is 27.7 Å². The average Bonchev–Trinajstić information content (AvgIpc) is 2.12. The summed E-state index contributed by atoms with van der Waals surface area (Å²) in [4.78, 5) is 33.8. The van der Waals surface area contributed by atoms with Gasteiger partial charge in [0, 0.05) is 0 Å². The van der Waals surface area contributed by atoms with E-state index in [0.717, 1.165) is 0 Å². The topological polar surface area (TPSA) is 110 Å². The van der Waals surface area contributed by atoms with E-state index in [1.807, 2.05) is 0 Å². The summed E-state index contributed by atoms with van der Waals surface area (Å²) in [5, 5.41) is 18.7. The maximum absolute atomic E-state index is 11.7. The van der Waals surface area contributed by atoms with Gasteiger partial charge in [-0.05, 0) is 27.7 Å². The van der Waals surface area contributed by atoms with E-state index in [2.05, 4.69) is 0 Å². The van der Waals surface area contributed by atoms with Crippen LogP contribution in [0, 0.1) is 0 Å². The van der Waals surface area contributed by atoms with Crippen molar-refractivity contribution >= 4 is 17.9 Å². The summed E-state index contributed by atoms with van der Waals surface area (Å²) in [6.45, 7) is 6.29. The number of hydrogen-bond donors (Lipinski definition) is 2. The van der Waals surface area contributed by atoms with Gasteiger partial charge in [-0.15, -0.1) is 0 Å². The molecule has 1 unspecified atom stereocenters. The number of carboxylic acids is 1. The van der Waals surface area contributed by atoms with Crippen molar-refractivity contribution in [2.24, 2.45) is 0 Å². The lowest BCUT2D eigenvalue weighted by molar-refractivity contribution is -0.180. The minimum Gasteiger partial charge on any atom is -0.481 e. The molecule has 7 nitrogen and oxygen atoms in total. The maximum atomic E-state index is 11.7. The molecule has 0 rings (SSSR count). The van der Waals surface area contributed by atoms with Crippen molar-refractivity contribution < 1.29 is 34.1 Å². The summed E-state index contributed by atoms with van der Waals surface area (Å²) in [6, 6.07) is 0. The van der Waals surface area contributed by atoms with Gasteiger partial charge in [0.1, 0.15) is 0 Å². The highest BCUT2D eigenvalue weighted by molar-refractivity contribution is 5.89. The fraction of sp³-hybridized carbons (Fsp3) is 0.750. The molecule has 7 heteroatoms. The average molecular weight is 276 g/mol. The molecule has 2 N–H and O–H groups in total. The second-order valence-electron chi connectivity index (χ2n) is 4.77. The predicted octanol–water partition coefficient (Wildman–Crippen LogP) is 0.485. The molecule has 0 radical (unpaired) electrons. The van der Waals surface area contributed by atoms with Crippen LogP contribution in [0.25, 0.3) is 0 Å². The highest BCUT2D eigenvalue weighted by atomic mass is 16.6. The monoisotopic (exact) mass is 276 g/mol. The molecular formula is C12H20O7. The fourth-order valence-corrected chi connectivity index (χ4v) is 1.32. The summed E-state index contributed by atoms with van der Waals surface area (Å²) in [6.07, 6.45) is -2.65. The van der Waals surface area contributed by atoms with Crippen molar-refractivity contribution in [2.45, 2.75) is 58.3 Å². The van der Waals surface area contributed by atoms with Crippen LogP contribution in [0.2, 0.25) is 0 Å². The van der Waals surface area contributed by atoms with Crippen LogP contribution in [0.5, 0.6) is 0 Å². The summed E-state index contributed by atoms with van der Waals surface area (Å²) < 4.78 is 9.55. The lowest BCUT2D eigenvalue weighted by Gasteiger charge is -2.25. The normalized spacial score (nSPS) is 14.1. The van der Waals surface area contributed by atoms with Crippen molar-refractivity contribution in [1.29, 1.82) is 0 Å². The Morgan fingerprint density at radius 1 is 1.00 bits per heavy atom. The first-order valence-electron chi connectivity index (χ1n) is 5.91. The molecule has 0 aliphatic heterocycles. The van der Waals surface area contributed by atoms with Crippen LogP contribution in [0.3, 0.4) is 0 Å². The molecule has 0 aromatic heterocycles. The molecule has 0 spiro atoms. The molecule has 0 aliphatic rings. The van der Waals surface area contributed by atoms with Crippen LogP contribution in [0.15, 0.2) is 0 Å². The Morgan fingerprint density at radius 2 is 1.47 bits per heavy atom. The van der Waals surface area contributed by atoms with Crippen LogP contribution in [0.4, 0.5) is 0 Å². The van der Waals surface area contributed by atoms with Crippen LogP contribution in [-0.4, -0.2) is 45.9 Å². The smallest absolute Gasteiger partial charge is 0.339 e. The highest BCUT2D eigenvalue weighted by Gasteiger charge is 2.43. The molecular weight excluding hydrogens is 256 g/mol. The molecule has 0 aliphatic carbocycles. The van der Waals surface area contributed by atoms with Gasteiger partial charge >= 0.3 is 17.9 Å². The van der Waals surface area contributed by atoms with Gasteiger partial charge in [0.05, 0.1) is 25.0 Å². The lowest BCUT2D eigenvalue weighted by atomic mass is 9.95. The molecule has 0 aromatic carbocycles. The quantitative estimate of drug-likeness (QED) is 0.651. The summed E-state index contributed by atoms with van der Waals surface area (Å²) in [7, 11) is 0. The first-order chi connectivity index (χ1) is 8.56. The van der Waals surface area contributed by atoms with Crippen molar-refractivity contribution in [3.63, 3.8) is 0 Å². The third kappa shape index (κ3) is 6.76. The van der Waals surface area contributed by atoms with Gasteiger partial charge < -0.3 is 19.7 Å². The molecule has 0 saturated carbocycles. The van der Waals surface area contributed by atoms with Crippen LogP contribution < -0.4 is 0 Å². The van der Waals surface area contributed by atoms with E-state index >= 15 is 0 Å². The minimum absolute atomic E-state index is 0.428. The van der Waals surface area contributed by atoms with Crippen molar-refractivity contribution in [3.8, 4) is 0 Å². The van der Waals surface area contributed by atoms with Gasteiger partial charge in [-0.2, -0.15) is 0 Å². The van der Waals surface area contributed by atoms with E-state index in [1.165, 1.54) is 0 Å². The Balaban J connectivity index is 4.91. The second kappa shape index (κ2) is 7.08. The molecule has 110 valence electrons. The molecule has 0 saturated heterocycles. The SMILES string of the molecule is CC(C)OC(=O)CC(O)(CC(=O)O)C(=O)OC(C)C. The van der Waals surface area contributed by atoms with E-state index < -0.39 is 48.6 Å². The van der Waals surface area contributed by atoms with Gasteiger partial charge in [-0.25, -0.2) is 4.79 Å². The third-order valence-electron chi connectivity index (χ3n) is 1.97. The number of rotatable bonds is 7. The lowest BCUT2D eigenvalue weighted by Crippen LogP contribution is -2.45. The number of esters is 2. The van der Waals surface area contributed by atoms with Crippen molar-refractivity contribution in [3.05, 3.63) is 0 Å². The van der Waals surface area contributed by atoms with E-state index in [4.69, 9.17) is 14.6 Å². The molecule has 0 amide bonds. The van der Waals surface area contributed by atoms with Gasteiger partial charge in [0.25, 0.3) is 0 Å². The van der Waals surface area contributed by atoms with Crippen LogP contribution in [0.1, 0.15) is 40.5 Å². The molecule has 0 fully saturated rings. The second-order valence-corrected chi connectivity index (χ2v) is 4.77. The first-order valence-corrected chi connectivity index (χ1v) is 5.91. The van der Waals surface area contributed by atoms with Gasteiger partial charge in [0.15, 0.2) is 5.60 Å². The summed E-state index contributed by atoms with van der Waals surface area (Å²) in [5.41, 5.74) is -2.41. The zero-order chi connectivity index (χ0) is 15.2. The van der Waals surface area contributed by atoms with Crippen molar-refractivity contribution in [1.82, 2.24) is 0 Å². The number of carbonyl (C=O) groups excluding carboxylic acids is 2. The molecule has 0 heterocycles. The number of aliphatic hydroxyl groups is 1. The third-order valence-corrected chi connectivity index (χ3v) is 1.97. The molecule has 0 aromatic rings. The Bertz CT molecular complexity index is 348. The number of aliphatic carboxylic acids is 1. The Labute approximate surface area is 111 Å². The highest BCUT2D eigenvalue weighted by Crippen LogP contribution is 2.20. The number of ether oxygens (including phenoxy) is 2. The summed E-state index contributed by atoms with van der Waals surface area (Å²) in [5.74, 6) is -3.43. The van der Waals surface area contributed by atoms with E-state index in [0.29, 0.717) is 0 Å². The fourth-order valence-electron chi connectivity index (χ4n) is 1.32. The van der Waals surface area contributed by atoms with Gasteiger partial charge in [0.2, 0.25) is 0 Å². The Morgan fingerprint density at radius 3 is 1.84 bits per heavy atom. The molecule has 0 bridgehead atoms. The number of hydrogen-bond acceptors (Lipinski definition) is 6. The largest absolute Gasteiger partial charge is 0.481 e. The van der Waals surface area contributed by atoms with Crippen molar-refractivity contribution in [2.75, 3.05) is 0 Å². The first kappa shape index (κ1) is 17.4. The van der Waals surface area contributed by atoms with Gasteiger partial charge in [-0.1, -0.05) is 0 Å². The number of carbonyl (C=O) groups is 3. The molecule has 19 heavy (non-hydrogen) atoms. The molecule has 1 atom stereocenters. The zero-order valence-corrected chi connectivity index (χ0v) is 11.5. The zero-order valence-electron chi connectivity index (χ0n) is 11.5. The Hall–Kier alpha value is -1.63. The summed E-state index contributed by atoms with van der Waals surface area (Å²) >= 11 is 0. The predicted molar refractivity (Wildman–Crippen MR) is 64.3 cm³/mol.